The first-order valence-electron chi connectivity index (χ1n) is 9.94. The molecule has 1 aromatic carbocycles. The van der Waals surface area contributed by atoms with Crippen molar-refractivity contribution >= 4 is 33.5 Å². The number of hydrogen-bond acceptors (Lipinski definition) is 7. The molecule has 0 saturated heterocycles. The first-order valence-corrected chi connectivity index (χ1v) is 11.5. The van der Waals surface area contributed by atoms with Crippen molar-refractivity contribution in [3.05, 3.63) is 24.3 Å². The molecule has 5 N–H and O–H groups in total. The van der Waals surface area contributed by atoms with Crippen LogP contribution in [0.3, 0.4) is 0 Å². The number of nitrogens with zero attached hydrogens (tertiary/aromatic N) is 3. The minimum atomic E-state index is -3.76. The van der Waals surface area contributed by atoms with Crippen molar-refractivity contribution in [1.82, 2.24) is 14.8 Å². The number of carbonyl (C=O) groups is 1. The Morgan fingerprint density at radius 3 is 2.45 bits per heavy atom. The molecule has 29 heavy (non-hydrogen) atoms. The van der Waals surface area contributed by atoms with Gasteiger partial charge >= 0.3 is 0 Å². The maximum atomic E-state index is 12.8. The number of nitrogen functional groups attached to an aromatic ring is 1. The van der Waals surface area contributed by atoms with Crippen molar-refractivity contribution in [3.63, 3.8) is 0 Å². The van der Waals surface area contributed by atoms with Crippen molar-refractivity contribution in [2.75, 3.05) is 11.1 Å². The lowest BCUT2D eigenvalue weighted by atomic mass is 9.79. The van der Waals surface area contributed by atoms with Crippen molar-refractivity contribution < 1.29 is 13.2 Å². The van der Waals surface area contributed by atoms with E-state index in [1.807, 2.05) is 0 Å². The second-order valence-electron chi connectivity index (χ2n) is 7.60. The molecule has 3 rings (SSSR count). The number of anilines is 3. The second kappa shape index (κ2) is 8.91. The SMILES string of the molecule is CCCCC1CCC(C(=O)n2nc(Nc3ccc(S(N)(=O)=O)cc3)nc2N)CC1. The van der Waals surface area contributed by atoms with Crippen molar-refractivity contribution in [2.45, 2.75) is 56.8 Å². The molecule has 9 nitrogen and oxygen atoms in total. The molecule has 0 radical (unpaired) electrons. The number of sulfonamides is 1. The van der Waals surface area contributed by atoms with Gasteiger partial charge in [-0.3, -0.25) is 4.79 Å². The van der Waals surface area contributed by atoms with Crippen LogP contribution in [-0.2, 0) is 10.0 Å². The summed E-state index contributed by atoms with van der Waals surface area (Å²) in [5.74, 6) is 0.715. The molecule has 1 aliphatic carbocycles. The van der Waals surface area contributed by atoms with E-state index in [1.165, 1.54) is 43.5 Å². The molecule has 1 aliphatic rings. The minimum Gasteiger partial charge on any atom is -0.368 e. The average molecular weight is 421 g/mol. The van der Waals surface area contributed by atoms with E-state index in [2.05, 4.69) is 22.3 Å². The van der Waals surface area contributed by atoms with Crippen LogP contribution >= 0.6 is 0 Å². The third-order valence-electron chi connectivity index (χ3n) is 5.44. The zero-order valence-electron chi connectivity index (χ0n) is 16.5. The molecule has 10 heteroatoms. The lowest BCUT2D eigenvalue weighted by Crippen LogP contribution is -2.28. The van der Waals surface area contributed by atoms with Gasteiger partial charge in [-0.25, -0.2) is 13.6 Å². The van der Waals surface area contributed by atoms with Crippen molar-refractivity contribution in [2.24, 2.45) is 17.0 Å². The van der Waals surface area contributed by atoms with Gasteiger partial charge in [-0.1, -0.05) is 26.2 Å². The summed E-state index contributed by atoms with van der Waals surface area (Å²) in [6.07, 6.45) is 7.51. The van der Waals surface area contributed by atoms with Gasteiger partial charge in [0.2, 0.25) is 21.9 Å². The zero-order chi connectivity index (χ0) is 21.0. The van der Waals surface area contributed by atoms with Crippen LogP contribution in [0, 0.1) is 11.8 Å². The van der Waals surface area contributed by atoms with Crippen LogP contribution in [0.25, 0.3) is 0 Å². The normalized spacial score (nSPS) is 19.8. The fourth-order valence-electron chi connectivity index (χ4n) is 3.76. The van der Waals surface area contributed by atoms with E-state index in [-0.39, 0.29) is 28.6 Å². The highest BCUT2D eigenvalue weighted by atomic mass is 32.2. The highest BCUT2D eigenvalue weighted by Gasteiger charge is 2.29. The van der Waals surface area contributed by atoms with Crippen LogP contribution in [0.5, 0.6) is 0 Å². The Bertz CT molecular complexity index is 947. The van der Waals surface area contributed by atoms with Gasteiger partial charge in [-0.2, -0.15) is 9.67 Å². The number of rotatable bonds is 7. The van der Waals surface area contributed by atoms with Crippen molar-refractivity contribution in [3.8, 4) is 0 Å². The summed E-state index contributed by atoms with van der Waals surface area (Å²) >= 11 is 0. The maximum absolute atomic E-state index is 12.8. The number of primary sulfonamides is 1. The molecule has 0 amide bonds. The number of hydrogen-bond donors (Lipinski definition) is 3. The fraction of sp³-hybridized carbons (Fsp3) is 0.526. The van der Waals surface area contributed by atoms with Gasteiger partial charge in [-0.15, -0.1) is 5.10 Å². The smallest absolute Gasteiger partial charge is 0.253 e. The molecular weight excluding hydrogens is 392 g/mol. The Balaban J connectivity index is 1.63. The third-order valence-corrected chi connectivity index (χ3v) is 6.37. The highest BCUT2D eigenvalue weighted by Crippen LogP contribution is 2.33. The summed E-state index contributed by atoms with van der Waals surface area (Å²) in [6.45, 7) is 2.20. The Morgan fingerprint density at radius 1 is 1.21 bits per heavy atom. The van der Waals surface area contributed by atoms with Crippen LogP contribution in [0.2, 0.25) is 0 Å². The quantitative estimate of drug-likeness (QED) is 0.624. The number of nitrogens with one attached hydrogen (secondary N) is 1. The Kier molecular flexibility index (Phi) is 6.53. The van der Waals surface area contributed by atoms with Crippen LogP contribution < -0.4 is 16.2 Å². The number of nitrogens with two attached hydrogens (primary N) is 2. The summed E-state index contributed by atoms with van der Waals surface area (Å²) < 4.78 is 23.8. The van der Waals surface area contributed by atoms with Gasteiger partial charge in [0.15, 0.2) is 0 Å². The third kappa shape index (κ3) is 5.33. The van der Waals surface area contributed by atoms with E-state index >= 15 is 0 Å². The summed E-state index contributed by atoms with van der Waals surface area (Å²) in [5, 5.41) is 12.2. The van der Waals surface area contributed by atoms with Gasteiger partial charge in [0.1, 0.15) is 0 Å². The summed E-state index contributed by atoms with van der Waals surface area (Å²) in [5.41, 5.74) is 6.46. The van der Waals surface area contributed by atoms with Crippen molar-refractivity contribution in [1.29, 1.82) is 0 Å². The minimum absolute atomic E-state index is 0.00534. The Morgan fingerprint density at radius 2 is 1.86 bits per heavy atom. The molecule has 1 aromatic heterocycles. The Hall–Kier alpha value is -2.46. The Labute approximate surface area is 170 Å². The predicted octanol–water partition coefficient (Wildman–Crippen LogP) is 2.89. The van der Waals surface area contributed by atoms with E-state index in [0.29, 0.717) is 11.6 Å². The first kappa shape index (κ1) is 21.3. The topological polar surface area (TPSA) is 146 Å². The van der Waals surface area contributed by atoms with E-state index in [4.69, 9.17) is 10.9 Å². The molecule has 1 heterocycles. The van der Waals surface area contributed by atoms with Gasteiger partial charge in [0.25, 0.3) is 5.91 Å². The molecule has 0 spiro atoms. The molecule has 1 fully saturated rings. The zero-order valence-corrected chi connectivity index (χ0v) is 17.4. The lowest BCUT2D eigenvalue weighted by molar-refractivity contribution is 0.0767. The maximum Gasteiger partial charge on any atom is 0.253 e. The molecule has 0 atom stereocenters. The van der Waals surface area contributed by atoms with Crippen LogP contribution in [-0.4, -0.2) is 29.1 Å². The van der Waals surface area contributed by atoms with Gasteiger partial charge in [0.05, 0.1) is 4.90 Å². The molecule has 158 valence electrons. The number of carbonyl (C=O) groups excluding carboxylic acids is 1. The molecular formula is C19H28N6O3S. The number of benzene rings is 1. The van der Waals surface area contributed by atoms with Gasteiger partial charge in [0, 0.05) is 11.6 Å². The standard InChI is InChI=1S/C19H28N6O3S/c1-2-3-4-13-5-7-14(8-6-13)17(26)25-18(20)23-19(24-25)22-15-9-11-16(12-10-15)29(21,27)28/h9-14H,2-8H2,1H3,(H2,21,27,28)(H3,20,22,23,24). The number of unbranched alkanes of at least 4 members (excludes halogenated alkanes) is 1. The van der Waals surface area contributed by atoms with Gasteiger partial charge < -0.3 is 11.1 Å². The van der Waals surface area contributed by atoms with E-state index < -0.39 is 10.0 Å². The molecule has 2 aromatic rings. The highest BCUT2D eigenvalue weighted by molar-refractivity contribution is 7.89. The van der Waals surface area contributed by atoms with Crippen LogP contribution in [0.1, 0.15) is 56.7 Å². The molecule has 0 unspecified atom stereocenters. The van der Waals surface area contributed by atoms with E-state index in [9.17, 15) is 13.2 Å². The molecule has 1 saturated carbocycles. The summed E-state index contributed by atoms with van der Waals surface area (Å²) in [4.78, 5) is 16.9. The second-order valence-corrected chi connectivity index (χ2v) is 9.16. The van der Waals surface area contributed by atoms with E-state index in [1.54, 1.807) is 0 Å². The van der Waals surface area contributed by atoms with E-state index in [0.717, 1.165) is 30.4 Å². The van der Waals surface area contributed by atoms with Crippen LogP contribution in [0.4, 0.5) is 17.6 Å². The predicted molar refractivity (Wildman–Crippen MR) is 111 cm³/mol. The molecule has 0 bridgehead atoms. The fourth-order valence-corrected chi connectivity index (χ4v) is 4.28. The average Bonchev–Trinajstić information content (AvgIpc) is 3.06. The number of aromatic nitrogens is 3. The monoisotopic (exact) mass is 420 g/mol. The summed E-state index contributed by atoms with van der Waals surface area (Å²) in [7, 11) is -3.76. The first-order chi connectivity index (χ1) is 13.8. The van der Waals surface area contributed by atoms with Gasteiger partial charge in [-0.05, 0) is 55.9 Å². The largest absolute Gasteiger partial charge is 0.368 e. The lowest BCUT2D eigenvalue weighted by Gasteiger charge is -2.27. The summed E-state index contributed by atoms with van der Waals surface area (Å²) in [6, 6.07) is 5.83. The van der Waals surface area contributed by atoms with Crippen LogP contribution in [0.15, 0.2) is 29.2 Å². The molecule has 0 aliphatic heterocycles.